The molecule has 114 valence electrons. The lowest BCUT2D eigenvalue weighted by Gasteiger charge is -2.37. The standard InChI is InChI=1S/C13H16F3NO.C2H6/c1-17-8-7-11(18-13(14,15)16)9-12(17)10-5-3-2-4-6-10;1-2/h2-6,11-12H,7-9H2,1H3;1-2H3. The monoisotopic (exact) mass is 289 g/mol. The number of hydrogen-bond donors (Lipinski definition) is 0. The van der Waals surface area contributed by atoms with E-state index in [1.165, 1.54) is 0 Å². The number of rotatable bonds is 2. The van der Waals surface area contributed by atoms with Gasteiger partial charge in [-0.2, -0.15) is 0 Å². The molecule has 1 aromatic carbocycles. The number of nitrogens with zero attached hydrogens (tertiary/aromatic N) is 1. The number of benzene rings is 1. The molecule has 2 rings (SSSR count). The van der Waals surface area contributed by atoms with Gasteiger partial charge in [0.2, 0.25) is 0 Å². The Kier molecular flexibility index (Phi) is 6.49. The molecule has 0 amide bonds. The maximum Gasteiger partial charge on any atom is 0.522 e. The minimum Gasteiger partial charge on any atom is -0.299 e. The van der Waals surface area contributed by atoms with E-state index in [0.29, 0.717) is 19.4 Å². The van der Waals surface area contributed by atoms with Crippen LogP contribution in [0.4, 0.5) is 13.2 Å². The van der Waals surface area contributed by atoms with Gasteiger partial charge in [-0.3, -0.25) is 9.64 Å². The van der Waals surface area contributed by atoms with Crippen molar-refractivity contribution >= 4 is 0 Å². The smallest absolute Gasteiger partial charge is 0.299 e. The van der Waals surface area contributed by atoms with Crippen LogP contribution in [0, 0.1) is 0 Å². The van der Waals surface area contributed by atoms with Crippen LogP contribution in [0.2, 0.25) is 0 Å². The van der Waals surface area contributed by atoms with E-state index >= 15 is 0 Å². The number of hydrogen-bond acceptors (Lipinski definition) is 2. The summed E-state index contributed by atoms with van der Waals surface area (Å²) in [7, 11) is 1.93. The minimum atomic E-state index is -4.54. The average Bonchev–Trinajstić information content (AvgIpc) is 2.43. The summed E-state index contributed by atoms with van der Waals surface area (Å²) in [6.07, 6.45) is -4.49. The van der Waals surface area contributed by atoms with Crippen molar-refractivity contribution in [2.24, 2.45) is 0 Å². The maximum absolute atomic E-state index is 12.2. The molecule has 0 radical (unpaired) electrons. The second-order valence-corrected chi connectivity index (χ2v) is 4.62. The van der Waals surface area contributed by atoms with E-state index in [2.05, 4.69) is 9.64 Å². The molecule has 0 aliphatic carbocycles. The van der Waals surface area contributed by atoms with Crippen LogP contribution >= 0.6 is 0 Å². The van der Waals surface area contributed by atoms with E-state index in [0.717, 1.165) is 5.56 Å². The summed E-state index contributed by atoms with van der Waals surface area (Å²) in [5, 5.41) is 0. The molecule has 0 saturated carbocycles. The highest BCUT2D eigenvalue weighted by atomic mass is 19.4. The van der Waals surface area contributed by atoms with Gasteiger partial charge in [-0.1, -0.05) is 44.2 Å². The zero-order valence-corrected chi connectivity index (χ0v) is 12.2. The number of piperidine rings is 1. The van der Waals surface area contributed by atoms with Gasteiger partial charge in [0.15, 0.2) is 0 Å². The highest BCUT2D eigenvalue weighted by Crippen LogP contribution is 2.33. The first-order valence-corrected chi connectivity index (χ1v) is 6.95. The van der Waals surface area contributed by atoms with Crippen molar-refractivity contribution in [3.63, 3.8) is 0 Å². The average molecular weight is 289 g/mol. The molecule has 5 heteroatoms. The van der Waals surface area contributed by atoms with Crippen molar-refractivity contribution in [1.29, 1.82) is 0 Å². The molecule has 1 aliphatic heterocycles. The lowest BCUT2D eigenvalue weighted by Crippen LogP contribution is -2.39. The van der Waals surface area contributed by atoms with E-state index in [9.17, 15) is 13.2 Å². The zero-order chi connectivity index (χ0) is 15.2. The molecular formula is C15H22F3NO. The van der Waals surface area contributed by atoms with Gasteiger partial charge in [-0.05, 0) is 25.5 Å². The van der Waals surface area contributed by atoms with Crippen LogP contribution in [-0.2, 0) is 4.74 Å². The lowest BCUT2D eigenvalue weighted by atomic mass is 9.94. The fourth-order valence-corrected chi connectivity index (χ4v) is 2.41. The quantitative estimate of drug-likeness (QED) is 0.801. The molecule has 20 heavy (non-hydrogen) atoms. The third-order valence-corrected chi connectivity index (χ3v) is 3.31. The highest BCUT2D eigenvalue weighted by Gasteiger charge is 2.37. The zero-order valence-electron chi connectivity index (χ0n) is 12.2. The van der Waals surface area contributed by atoms with E-state index in [4.69, 9.17) is 0 Å². The summed E-state index contributed by atoms with van der Waals surface area (Å²) in [5.74, 6) is 0. The third kappa shape index (κ3) is 5.13. The Morgan fingerprint density at radius 3 is 2.30 bits per heavy atom. The maximum atomic E-state index is 12.2. The van der Waals surface area contributed by atoms with E-state index < -0.39 is 12.5 Å². The van der Waals surface area contributed by atoms with Crippen LogP contribution in [0.1, 0.15) is 38.3 Å². The molecule has 1 fully saturated rings. The molecule has 1 heterocycles. The molecule has 2 nitrogen and oxygen atoms in total. The van der Waals surface area contributed by atoms with Crippen molar-refractivity contribution in [3.05, 3.63) is 35.9 Å². The van der Waals surface area contributed by atoms with Crippen molar-refractivity contribution in [1.82, 2.24) is 4.90 Å². The second kappa shape index (κ2) is 7.64. The Labute approximate surface area is 118 Å². The predicted octanol–water partition coefficient (Wildman–Crippen LogP) is 4.38. The van der Waals surface area contributed by atoms with Gasteiger partial charge in [0, 0.05) is 12.6 Å². The molecule has 1 aromatic rings. The van der Waals surface area contributed by atoms with Crippen molar-refractivity contribution < 1.29 is 17.9 Å². The Morgan fingerprint density at radius 1 is 1.15 bits per heavy atom. The molecule has 1 saturated heterocycles. The van der Waals surface area contributed by atoms with Gasteiger partial charge in [0.1, 0.15) is 0 Å². The number of alkyl halides is 3. The fourth-order valence-electron chi connectivity index (χ4n) is 2.41. The first-order chi connectivity index (χ1) is 9.46. The van der Waals surface area contributed by atoms with Crippen LogP contribution in [-0.4, -0.2) is 31.0 Å². The van der Waals surface area contributed by atoms with Gasteiger partial charge in [0.25, 0.3) is 0 Å². The summed E-state index contributed by atoms with van der Waals surface area (Å²) in [6.45, 7) is 4.61. The first kappa shape index (κ1) is 17.0. The Bertz CT molecular complexity index is 380. The van der Waals surface area contributed by atoms with Crippen molar-refractivity contribution in [2.45, 2.75) is 45.2 Å². The SMILES string of the molecule is CC.CN1CCC(OC(F)(F)F)CC1c1ccccc1. The van der Waals surface area contributed by atoms with Crippen LogP contribution in [0.3, 0.4) is 0 Å². The Balaban J connectivity index is 0.000000956. The highest BCUT2D eigenvalue weighted by molar-refractivity contribution is 5.19. The van der Waals surface area contributed by atoms with E-state index in [1.807, 2.05) is 51.2 Å². The summed E-state index contributed by atoms with van der Waals surface area (Å²) >= 11 is 0. The van der Waals surface area contributed by atoms with Crippen molar-refractivity contribution in [2.75, 3.05) is 13.6 Å². The minimum absolute atomic E-state index is 0.00713. The Morgan fingerprint density at radius 2 is 1.75 bits per heavy atom. The lowest BCUT2D eigenvalue weighted by molar-refractivity contribution is -0.347. The first-order valence-electron chi connectivity index (χ1n) is 6.95. The predicted molar refractivity (Wildman–Crippen MR) is 73.3 cm³/mol. The molecule has 0 spiro atoms. The van der Waals surface area contributed by atoms with Gasteiger partial charge < -0.3 is 0 Å². The van der Waals surface area contributed by atoms with E-state index in [1.54, 1.807) is 0 Å². The number of likely N-dealkylation sites (tertiary alicyclic amines) is 1. The fraction of sp³-hybridized carbons (Fsp3) is 0.600. The Hall–Kier alpha value is -1.07. The summed E-state index contributed by atoms with van der Waals surface area (Å²) in [6, 6.07) is 9.58. The molecule has 1 aliphatic rings. The van der Waals surface area contributed by atoms with Gasteiger partial charge in [0.05, 0.1) is 6.10 Å². The second-order valence-electron chi connectivity index (χ2n) is 4.62. The number of halogens is 3. The summed E-state index contributed by atoms with van der Waals surface area (Å²) in [4.78, 5) is 2.07. The molecule has 0 aromatic heterocycles. The molecular weight excluding hydrogens is 267 g/mol. The van der Waals surface area contributed by atoms with Gasteiger partial charge in [-0.25, -0.2) is 0 Å². The summed E-state index contributed by atoms with van der Waals surface area (Å²) in [5.41, 5.74) is 1.04. The van der Waals surface area contributed by atoms with Gasteiger partial charge >= 0.3 is 6.36 Å². The van der Waals surface area contributed by atoms with Crippen LogP contribution < -0.4 is 0 Å². The molecule has 0 N–H and O–H groups in total. The molecule has 2 unspecified atom stereocenters. The van der Waals surface area contributed by atoms with Gasteiger partial charge in [-0.15, -0.1) is 13.2 Å². The third-order valence-electron chi connectivity index (χ3n) is 3.31. The topological polar surface area (TPSA) is 12.5 Å². The normalized spacial score (nSPS) is 23.9. The van der Waals surface area contributed by atoms with Crippen LogP contribution in [0.15, 0.2) is 30.3 Å². The van der Waals surface area contributed by atoms with Crippen molar-refractivity contribution in [3.8, 4) is 0 Å². The molecule has 0 bridgehead atoms. The number of ether oxygens (including phenoxy) is 1. The molecule has 2 atom stereocenters. The van der Waals surface area contributed by atoms with E-state index in [-0.39, 0.29) is 6.04 Å². The largest absolute Gasteiger partial charge is 0.522 e. The van der Waals surface area contributed by atoms with Crippen LogP contribution in [0.5, 0.6) is 0 Å². The summed E-state index contributed by atoms with van der Waals surface area (Å²) < 4.78 is 40.8. The van der Waals surface area contributed by atoms with Crippen LogP contribution in [0.25, 0.3) is 0 Å².